The maximum atomic E-state index is 12.7. The average Bonchev–Trinajstić information content (AvgIpc) is 2.51. The number of ether oxygens (including phenoxy) is 1. The lowest BCUT2D eigenvalue weighted by Gasteiger charge is -2.23. The number of nitrogens with zero attached hydrogens (tertiary/aromatic N) is 1. The van der Waals surface area contributed by atoms with Gasteiger partial charge < -0.3 is 4.74 Å². The molecule has 112 valence electrons. The zero-order valence-corrected chi connectivity index (χ0v) is 13.0. The van der Waals surface area contributed by atoms with Crippen molar-refractivity contribution in [1.29, 1.82) is 0 Å². The summed E-state index contributed by atoms with van der Waals surface area (Å²) in [4.78, 5) is 0.292. The molecule has 0 aliphatic rings. The fraction of sp³-hybridized carbons (Fsp3) is 0.250. The van der Waals surface area contributed by atoms with E-state index < -0.39 is 10.0 Å². The Balaban J connectivity index is 2.35. The van der Waals surface area contributed by atoms with Crippen LogP contribution in [-0.2, 0) is 10.0 Å². The summed E-state index contributed by atoms with van der Waals surface area (Å²) in [6, 6.07) is 15.5. The summed E-state index contributed by atoms with van der Waals surface area (Å²) in [6.45, 7) is 4.67. The molecule has 0 spiro atoms. The van der Waals surface area contributed by atoms with E-state index in [0.717, 1.165) is 5.75 Å². The number of hydrogen-bond donors (Lipinski definition) is 0. The quantitative estimate of drug-likeness (QED) is 0.822. The molecule has 0 saturated heterocycles. The maximum Gasteiger partial charge on any atom is 0.264 e. The van der Waals surface area contributed by atoms with Gasteiger partial charge in [-0.25, -0.2) is 8.42 Å². The van der Waals surface area contributed by atoms with Crippen molar-refractivity contribution in [3.05, 3.63) is 54.6 Å². The molecule has 0 aromatic heterocycles. The Kier molecular flexibility index (Phi) is 4.85. The first-order valence-electron chi connectivity index (χ1n) is 6.90. The fourth-order valence-electron chi connectivity index (χ4n) is 2.09. The van der Waals surface area contributed by atoms with Gasteiger partial charge in [0, 0.05) is 6.54 Å². The van der Waals surface area contributed by atoms with E-state index in [0.29, 0.717) is 23.7 Å². The number of anilines is 1. The van der Waals surface area contributed by atoms with Crippen LogP contribution in [0.1, 0.15) is 13.8 Å². The number of sulfonamides is 1. The van der Waals surface area contributed by atoms with E-state index in [2.05, 4.69) is 0 Å². The van der Waals surface area contributed by atoms with Crippen LogP contribution < -0.4 is 9.04 Å². The first kappa shape index (κ1) is 15.4. The molecular formula is C16H19NO3S. The van der Waals surface area contributed by atoms with Gasteiger partial charge in [-0.2, -0.15) is 0 Å². The minimum atomic E-state index is -3.54. The Morgan fingerprint density at radius 3 is 2.10 bits per heavy atom. The second-order valence-corrected chi connectivity index (χ2v) is 6.27. The monoisotopic (exact) mass is 305 g/mol. The van der Waals surface area contributed by atoms with Crippen molar-refractivity contribution in [3.8, 4) is 5.75 Å². The highest BCUT2D eigenvalue weighted by molar-refractivity contribution is 7.92. The molecule has 0 bridgehead atoms. The molecule has 2 aromatic carbocycles. The van der Waals surface area contributed by atoms with Crippen molar-refractivity contribution in [2.45, 2.75) is 18.7 Å². The van der Waals surface area contributed by atoms with E-state index in [4.69, 9.17) is 4.74 Å². The van der Waals surface area contributed by atoms with Crippen molar-refractivity contribution in [3.63, 3.8) is 0 Å². The van der Waals surface area contributed by atoms with E-state index >= 15 is 0 Å². The van der Waals surface area contributed by atoms with Crippen LogP contribution in [0.2, 0.25) is 0 Å². The third kappa shape index (κ3) is 3.36. The summed E-state index contributed by atoms with van der Waals surface area (Å²) in [7, 11) is -3.54. The van der Waals surface area contributed by atoms with E-state index in [1.807, 2.05) is 13.8 Å². The minimum absolute atomic E-state index is 0.292. The zero-order chi connectivity index (χ0) is 15.3. The Labute approximate surface area is 126 Å². The smallest absolute Gasteiger partial charge is 0.264 e. The lowest BCUT2D eigenvalue weighted by Crippen LogP contribution is -2.30. The van der Waals surface area contributed by atoms with E-state index in [1.54, 1.807) is 54.6 Å². The van der Waals surface area contributed by atoms with Gasteiger partial charge in [0.1, 0.15) is 5.75 Å². The molecule has 0 radical (unpaired) electrons. The number of hydrogen-bond acceptors (Lipinski definition) is 3. The third-order valence-corrected chi connectivity index (χ3v) is 4.97. The molecule has 0 atom stereocenters. The van der Waals surface area contributed by atoms with Crippen molar-refractivity contribution >= 4 is 15.7 Å². The molecule has 0 N–H and O–H groups in total. The fourth-order valence-corrected chi connectivity index (χ4v) is 3.58. The van der Waals surface area contributed by atoms with Gasteiger partial charge >= 0.3 is 0 Å². The van der Waals surface area contributed by atoms with Gasteiger partial charge in [-0.05, 0) is 50.2 Å². The number of rotatable bonds is 6. The SMILES string of the molecule is CCOc1ccc(N(CC)S(=O)(=O)c2ccccc2)cc1. The zero-order valence-electron chi connectivity index (χ0n) is 12.2. The molecule has 0 aliphatic carbocycles. The Bertz CT molecular complexity index is 666. The summed E-state index contributed by atoms with van der Waals surface area (Å²) in [5, 5.41) is 0. The summed E-state index contributed by atoms with van der Waals surface area (Å²) >= 11 is 0. The highest BCUT2D eigenvalue weighted by Gasteiger charge is 2.23. The topological polar surface area (TPSA) is 46.6 Å². The van der Waals surface area contributed by atoms with Gasteiger partial charge in [-0.15, -0.1) is 0 Å². The maximum absolute atomic E-state index is 12.7. The molecular weight excluding hydrogens is 286 g/mol. The van der Waals surface area contributed by atoms with Crippen LogP contribution in [0.3, 0.4) is 0 Å². The molecule has 0 saturated carbocycles. The predicted octanol–water partition coefficient (Wildman–Crippen LogP) is 3.30. The second-order valence-electron chi connectivity index (χ2n) is 4.41. The van der Waals surface area contributed by atoms with Crippen LogP contribution >= 0.6 is 0 Å². The molecule has 2 rings (SSSR count). The van der Waals surface area contributed by atoms with Crippen molar-refractivity contribution in [2.24, 2.45) is 0 Å². The highest BCUT2D eigenvalue weighted by atomic mass is 32.2. The summed E-state index contributed by atoms with van der Waals surface area (Å²) in [5.74, 6) is 0.731. The van der Waals surface area contributed by atoms with Crippen LogP contribution in [0.25, 0.3) is 0 Å². The number of benzene rings is 2. The van der Waals surface area contributed by atoms with Gasteiger partial charge in [-0.1, -0.05) is 18.2 Å². The van der Waals surface area contributed by atoms with Gasteiger partial charge in [0.2, 0.25) is 0 Å². The molecule has 2 aromatic rings. The van der Waals surface area contributed by atoms with Crippen LogP contribution in [0, 0.1) is 0 Å². The molecule has 0 amide bonds. The molecule has 21 heavy (non-hydrogen) atoms. The lowest BCUT2D eigenvalue weighted by molar-refractivity contribution is 0.340. The van der Waals surface area contributed by atoms with Gasteiger partial charge in [0.15, 0.2) is 0 Å². The lowest BCUT2D eigenvalue weighted by atomic mass is 10.3. The summed E-state index contributed by atoms with van der Waals surface area (Å²) < 4.78 is 32.1. The minimum Gasteiger partial charge on any atom is -0.494 e. The Morgan fingerprint density at radius 2 is 1.57 bits per heavy atom. The molecule has 4 nitrogen and oxygen atoms in total. The van der Waals surface area contributed by atoms with E-state index in [-0.39, 0.29) is 0 Å². The second kappa shape index (κ2) is 6.63. The first-order chi connectivity index (χ1) is 10.1. The van der Waals surface area contributed by atoms with Crippen LogP contribution in [0.4, 0.5) is 5.69 Å². The van der Waals surface area contributed by atoms with Crippen LogP contribution in [0.5, 0.6) is 5.75 Å². The van der Waals surface area contributed by atoms with Gasteiger partial charge in [-0.3, -0.25) is 4.31 Å². The molecule has 0 fully saturated rings. The Hall–Kier alpha value is -2.01. The van der Waals surface area contributed by atoms with Crippen LogP contribution in [0.15, 0.2) is 59.5 Å². The predicted molar refractivity (Wildman–Crippen MR) is 84.3 cm³/mol. The average molecular weight is 305 g/mol. The molecule has 0 unspecified atom stereocenters. The standard InChI is InChI=1S/C16H19NO3S/c1-3-17(14-10-12-15(13-11-14)20-4-2)21(18,19)16-8-6-5-7-9-16/h5-13H,3-4H2,1-2H3. The van der Waals surface area contributed by atoms with Crippen molar-refractivity contribution < 1.29 is 13.2 Å². The molecule has 0 heterocycles. The Morgan fingerprint density at radius 1 is 0.952 bits per heavy atom. The van der Waals surface area contributed by atoms with Crippen LogP contribution in [-0.4, -0.2) is 21.6 Å². The van der Waals surface area contributed by atoms with Gasteiger partial charge in [0.25, 0.3) is 10.0 Å². The molecule has 0 aliphatic heterocycles. The van der Waals surface area contributed by atoms with Crippen molar-refractivity contribution in [2.75, 3.05) is 17.5 Å². The van der Waals surface area contributed by atoms with E-state index in [1.165, 1.54) is 4.31 Å². The van der Waals surface area contributed by atoms with E-state index in [9.17, 15) is 8.42 Å². The van der Waals surface area contributed by atoms with Crippen molar-refractivity contribution in [1.82, 2.24) is 0 Å². The first-order valence-corrected chi connectivity index (χ1v) is 8.34. The molecule has 5 heteroatoms. The third-order valence-electron chi connectivity index (χ3n) is 3.05. The van der Waals surface area contributed by atoms with Gasteiger partial charge in [0.05, 0.1) is 17.2 Å². The highest BCUT2D eigenvalue weighted by Crippen LogP contribution is 2.25. The summed E-state index contributed by atoms with van der Waals surface area (Å²) in [6.07, 6.45) is 0. The summed E-state index contributed by atoms with van der Waals surface area (Å²) in [5.41, 5.74) is 0.629. The normalized spacial score (nSPS) is 11.1. The largest absolute Gasteiger partial charge is 0.494 e.